The van der Waals surface area contributed by atoms with Crippen molar-refractivity contribution in [2.75, 3.05) is 13.2 Å². The number of rotatable bonds is 4. The van der Waals surface area contributed by atoms with E-state index in [1.54, 1.807) is 0 Å². The molecule has 2 saturated heterocycles. The molecule has 0 aromatic heterocycles. The lowest BCUT2D eigenvalue weighted by atomic mass is 9.88. The molecule has 0 saturated carbocycles. The van der Waals surface area contributed by atoms with Crippen LogP contribution in [0.25, 0.3) is 0 Å². The summed E-state index contributed by atoms with van der Waals surface area (Å²) in [7, 11) is 0. The molecule has 0 aliphatic carbocycles. The molecule has 0 aromatic rings. The van der Waals surface area contributed by atoms with Gasteiger partial charge in [-0.1, -0.05) is 0 Å². The van der Waals surface area contributed by atoms with Gasteiger partial charge in [0, 0.05) is 18.6 Å². The Bertz CT molecular complexity index is 247. The van der Waals surface area contributed by atoms with Crippen LogP contribution in [0.3, 0.4) is 0 Å². The Labute approximate surface area is 88.9 Å². The fraction of sp³-hybridized carbons (Fsp3) is 0.900. The topological polar surface area (TPSA) is 81.6 Å². The predicted molar refractivity (Wildman–Crippen MR) is 54.2 cm³/mol. The minimum atomic E-state index is -0.847. The Morgan fingerprint density at radius 3 is 2.87 bits per heavy atom. The summed E-state index contributed by atoms with van der Waals surface area (Å²) in [5.74, 6) is 0.0526. The summed E-state index contributed by atoms with van der Waals surface area (Å²) in [5.41, 5.74) is 0. The molecule has 2 heterocycles. The molecule has 0 spiro atoms. The molecular weight excluding hydrogens is 196 g/mol. The molecule has 4 atom stereocenters. The molecule has 2 fully saturated rings. The van der Waals surface area contributed by atoms with Gasteiger partial charge in [0.05, 0.1) is 18.6 Å². The summed E-state index contributed by atoms with van der Waals surface area (Å²) in [5, 5.41) is 23.8. The second-order valence-corrected chi connectivity index (χ2v) is 4.47. The quantitative estimate of drug-likeness (QED) is 0.464. The minimum absolute atomic E-state index is 0.00204. The third kappa shape index (κ3) is 2.30. The highest BCUT2D eigenvalue weighted by Gasteiger charge is 2.42. The summed E-state index contributed by atoms with van der Waals surface area (Å²) >= 11 is 0. The maximum atomic E-state index is 11.7. The minimum Gasteiger partial charge on any atom is -0.394 e. The second kappa shape index (κ2) is 4.47. The highest BCUT2D eigenvalue weighted by atomic mass is 16.3. The lowest BCUT2D eigenvalue weighted by molar-refractivity contribution is -0.126. The van der Waals surface area contributed by atoms with E-state index in [4.69, 9.17) is 10.2 Å². The van der Waals surface area contributed by atoms with Gasteiger partial charge in [-0.25, -0.2) is 0 Å². The van der Waals surface area contributed by atoms with Gasteiger partial charge in [0.1, 0.15) is 0 Å². The molecule has 0 radical (unpaired) electrons. The smallest absolute Gasteiger partial charge is 0.224 e. The van der Waals surface area contributed by atoms with Crippen molar-refractivity contribution >= 4 is 5.91 Å². The van der Waals surface area contributed by atoms with Crippen LogP contribution in [0.15, 0.2) is 0 Å². The van der Waals surface area contributed by atoms with Gasteiger partial charge in [0.25, 0.3) is 0 Å². The van der Waals surface area contributed by atoms with Gasteiger partial charge in [-0.3, -0.25) is 4.79 Å². The van der Waals surface area contributed by atoms with E-state index < -0.39 is 6.10 Å². The number of carbonyl (C=O) groups excluding carboxylic acids is 1. The summed E-state index contributed by atoms with van der Waals surface area (Å²) in [6, 6.07) is 0.829. The number of aliphatic hydroxyl groups excluding tert-OH is 2. The van der Waals surface area contributed by atoms with E-state index in [2.05, 4.69) is 10.6 Å². The zero-order valence-electron chi connectivity index (χ0n) is 8.65. The third-order valence-corrected chi connectivity index (χ3v) is 3.36. The van der Waals surface area contributed by atoms with Gasteiger partial charge in [-0.15, -0.1) is 0 Å². The van der Waals surface area contributed by atoms with Crippen LogP contribution < -0.4 is 10.6 Å². The van der Waals surface area contributed by atoms with E-state index in [1.807, 2.05) is 0 Å². The number of aliphatic hydroxyl groups is 2. The Kier molecular flexibility index (Phi) is 3.23. The number of carbonyl (C=O) groups is 1. The monoisotopic (exact) mass is 214 g/mol. The van der Waals surface area contributed by atoms with Crippen LogP contribution in [0, 0.1) is 5.92 Å². The van der Waals surface area contributed by atoms with Gasteiger partial charge in [0.15, 0.2) is 0 Å². The van der Waals surface area contributed by atoms with Gasteiger partial charge in [-0.05, 0) is 19.3 Å². The van der Waals surface area contributed by atoms with E-state index in [0.717, 1.165) is 12.8 Å². The van der Waals surface area contributed by atoms with Crippen molar-refractivity contribution in [3.8, 4) is 0 Å². The molecule has 4 unspecified atom stereocenters. The number of hydrogen-bond donors (Lipinski definition) is 4. The van der Waals surface area contributed by atoms with Gasteiger partial charge in [0.2, 0.25) is 5.91 Å². The fourth-order valence-electron chi connectivity index (χ4n) is 2.53. The maximum absolute atomic E-state index is 11.7. The molecule has 0 aromatic carbocycles. The number of amides is 1. The summed E-state index contributed by atoms with van der Waals surface area (Å²) in [4.78, 5) is 11.7. The van der Waals surface area contributed by atoms with E-state index in [0.29, 0.717) is 12.1 Å². The van der Waals surface area contributed by atoms with E-state index in [-0.39, 0.29) is 25.0 Å². The maximum Gasteiger partial charge on any atom is 0.224 e. The average molecular weight is 214 g/mol. The third-order valence-electron chi connectivity index (χ3n) is 3.36. The Morgan fingerprint density at radius 1 is 1.53 bits per heavy atom. The molecule has 5 heteroatoms. The van der Waals surface area contributed by atoms with Crippen LogP contribution in [0.2, 0.25) is 0 Å². The average Bonchev–Trinajstić information content (AvgIpc) is 2.86. The van der Waals surface area contributed by atoms with Crippen molar-refractivity contribution in [3.05, 3.63) is 0 Å². The highest BCUT2D eigenvalue weighted by molar-refractivity contribution is 5.80. The van der Waals surface area contributed by atoms with Gasteiger partial charge in [-0.2, -0.15) is 0 Å². The number of fused-ring (bicyclic) bond motifs is 2. The number of nitrogens with one attached hydrogen (secondary N) is 2. The van der Waals surface area contributed by atoms with E-state index in [1.165, 1.54) is 6.42 Å². The Morgan fingerprint density at radius 2 is 2.33 bits per heavy atom. The first-order valence-electron chi connectivity index (χ1n) is 5.53. The van der Waals surface area contributed by atoms with Gasteiger partial charge < -0.3 is 20.8 Å². The molecule has 2 aliphatic rings. The van der Waals surface area contributed by atoms with E-state index >= 15 is 0 Å². The first-order chi connectivity index (χ1) is 7.20. The molecule has 15 heavy (non-hydrogen) atoms. The first kappa shape index (κ1) is 10.9. The molecule has 2 aliphatic heterocycles. The van der Waals surface area contributed by atoms with Crippen molar-refractivity contribution in [1.29, 1.82) is 0 Å². The molecule has 2 rings (SSSR count). The van der Waals surface area contributed by atoms with Crippen LogP contribution in [-0.4, -0.2) is 47.5 Å². The SMILES string of the molecule is O=C(NCC(O)CO)C1CC2CCC1N2. The zero-order chi connectivity index (χ0) is 10.8. The van der Waals surface area contributed by atoms with Crippen LogP contribution >= 0.6 is 0 Å². The normalized spacial score (nSPS) is 35.5. The largest absolute Gasteiger partial charge is 0.394 e. The van der Waals surface area contributed by atoms with Crippen LogP contribution in [0.4, 0.5) is 0 Å². The molecule has 5 nitrogen and oxygen atoms in total. The molecule has 1 amide bonds. The Hall–Kier alpha value is -0.650. The summed E-state index contributed by atoms with van der Waals surface area (Å²) in [6.07, 6.45) is 2.31. The van der Waals surface area contributed by atoms with Gasteiger partial charge >= 0.3 is 0 Å². The zero-order valence-corrected chi connectivity index (χ0v) is 8.65. The van der Waals surface area contributed by atoms with Crippen molar-refractivity contribution in [2.24, 2.45) is 5.92 Å². The van der Waals surface area contributed by atoms with Crippen molar-refractivity contribution < 1.29 is 15.0 Å². The Balaban J connectivity index is 1.77. The number of hydrogen-bond acceptors (Lipinski definition) is 4. The van der Waals surface area contributed by atoms with Crippen molar-refractivity contribution in [1.82, 2.24) is 10.6 Å². The van der Waals surface area contributed by atoms with E-state index in [9.17, 15) is 4.79 Å². The van der Waals surface area contributed by atoms with Crippen LogP contribution in [-0.2, 0) is 4.79 Å². The standard InChI is InChI=1S/C10H18N2O3/c13-5-7(14)4-11-10(15)8-3-6-1-2-9(8)12-6/h6-9,12-14H,1-5H2,(H,11,15). The summed E-state index contributed by atoms with van der Waals surface area (Å²) in [6.45, 7) is -0.168. The second-order valence-electron chi connectivity index (χ2n) is 4.47. The first-order valence-corrected chi connectivity index (χ1v) is 5.53. The molecule has 86 valence electrons. The molecule has 2 bridgehead atoms. The van der Waals surface area contributed by atoms with Crippen molar-refractivity contribution in [2.45, 2.75) is 37.5 Å². The lowest BCUT2D eigenvalue weighted by Crippen LogP contribution is -2.41. The highest BCUT2D eigenvalue weighted by Crippen LogP contribution is 2.33. The summed E-state index contributed by atoms with van der Waals surface area (Å²) < 4.78 is 0. The predicted octanol–water partition coefficient (Wildman–Crippen LogP) is -1.40. The molecular formula is C10H18N2O3. The fourth-order valence-corrected chi connectivity index (χ4v) is 2.53. The van der Waals surface area contributed by atoms with Crippen molar-refractivity contribution in [3.63, 3.8) is 0 Å². The van der Waals surface area contributed by atoms with Crippen LogP contribution in [0.1, 0.15) is 19.3 Å². The van der Waals surface area contributed by atoms with Crippen LogP contribution in [0.5, 0.6) is 0 Å². The molecule has 4 N–H and O–H groups in total. The lowest BCUT2D eigenvalue weighted by Gasteiger charge is -2.20.